The smallest absolute Gasteiger partial charge is 0.475 e. The summed E-state index contributed by atoms with van der Waals surface area (Å²) in [5, 5.41) is 16.5. The number of carbonyl (C=O) groups excluding carboxylic acids is 1. The van der Waals surface area contributed by atoms with Crippen LogP contribution in [-0.2, 0) is 18.4 Å². The summed E-state index contributed by atoms with van der Waals surface area (Å²) in [6, 6.07) is 13.3. The van der Waals surface area contributed by atoms with Gasteiger partial charge >= 0.3 is 12.1 Å². The Balaban J connectivity index is 0.000000406. The van der Waals surface area contributed by atoms with Crippen LogP contribution in [0.15, 0.2) is 65.0 Å². The molecule has 2 N–H and O–H groups in total. The predicted octanol–water partition coefficient (Wildman–Crippen LogP) is 3.62. The third kappa shape index (κ3) is 5.64. The van der Waals surface area contributed by atoms with Crippen LogP contribution in [0.1, 0.15) is 15.9 Å². The zero-order valence-electron chi connectivity index (χ0n) is 17.5. The van der Waals surface area contributed by atoms with E-state index in [4.69, 9.17) is 9.90 Å². The van der Waals surface area contributed by atoms with Gasteiger partial charge in [-0.1, -0.05) is 30.3 Å². The second-order valence-corrected chi connectivity index (χ2v) is 7.72. The van der Waals surface area contributed by atoms with Gasteiger partial charge in [0.05, 0.1) is 15.6 Å². The Morgan fingerprint density at radius 2 is 1.74 bits per heavy atom. The van der Waals surface area contributed by atoms with Crippen molar-refractivity contribution in [1.82, 2.24) is 20.1 Å². The third-order valence-electron chi connectivity index (χ3n) is 4.50. The molecule has 0 aliphatic heterocycles. The first-order chi connectivity index (χ1) is 16.1. The summed E-state index contributed by atoms with van der Waals surface area (Å²) in [5.74, 6) is -3.03. The second kappa shape index (κ2) is 10.3. The van der Waals surface area contributed by atoms with Crippen LogP contribution in [-0.4, -0.2) is 37.9 Å². The Bertz CT molecular complexity index is 1370. The molecule has 0 radical (unpaired) electrons. The standard InChI is InChI=1S/C20H16N4O2S.C2HF3O2/c1-24-20(26)16-15(19(25)22-11-13-5-3-2-4-6-13)12-27-18(16)17(23-24)14-7-9-21-10-8-14;3-2(4,5)1(6)7/h2-10,12H,11H2,1H3,(H,22,25);(H,6,7). The van der Waals surface area contributed by atoms with Gasteiger partial charge in [-0.05, 0) is 17.7 Å². The van der Waals surface area contributed by atoms with Gasteiger partial charge < -0.3 is 10.4 Å². The maximum Gasteiger partial charge on any atom is 0.490 e. The fraction of sp³-hybridized carbons (Fsp3) is 0.136. The molecule has 0 atom stereocenters. The molecule has 8 nitrogen and oxygen atoms in total. The van der Waals surface area contributed by atoms with Gasteiger partial charge in [0, 0.05) is 36.9 Å². The van der Waals surface area contributed by atoms with E-state index in [1.807, 2.05) is 42.5 Å². The maximum absolute atomic E-state index is 12.7. The monoisotopic (exact) mass is 490 g/mol. The molecule has 34 heavy (non-hydrogen) atoms. The van der Waals surface area contributed by atoms with E-state index < -0.39 is 12.1 Å². The summed E-state index contributed by atoms with van der Waals surface area (Å²) in [4.78, 5) is 38.3. The van der Waals surface area contributed by atoms with Gasteiger partial charge in [-0.25, -0.2) is 9.48 Å². The first kappa shape index (κ1) is 24.6. The fourth-order valence-electron chi connectivity index (χ4n) is 2.89. The lowest BCUT2D eigenvalue weighted by Crippen LogP contribution is -2.26. The molecule has 3 heterocycles. The van der Waals surface area contributed by atoms with Crippen LogP contribution in [0.3, 0.4) is 0 Å². The highest BCUT2D eigenvalue weighted by atomic mass is 32.1. The highest BCUT2D eigenvalue weighted by molar-refractivity contribution is 7.18. The molecular formula is C22H17F3N4O4S. The number of rotatable bonds is 4. The van der Waals surface area contributed by atoms with Crippen molar-refractivity contribution in [2.24, 2.45) is 7.05 Å². The van der Waals surface area contributed by atoms with Gasteiger partial charge in [-0.15, -0.1) is 11.3 Å². The minimum absolute atomic E-state index is 0.269. The summed E-state index contributed by atoms with van der Waals surface area (Å²) in [5.41, 5.74) is 2.61. The van der Waals surface area contributed by atoms with Crippen molar-refractivity contribution >= 4 is 33.3 Å². The van der Waals surface area contributed by atoms with Crippen LogP contribution in [0, 0.1) is 0 Å². The molecule has 0 fully saturated rings. The van der Waals surface area contributed by atoms with E-state index in [1.165, 1.54) is 16.0 Å². The molecule has 0 saturated heterocycles. The van der Waals surface area contributed by atoms with E-state index in [0.717, 1.165) is 11.1 Å². The first-order valence-electron chi connectivity index (χ1n) is 9.60. The molecule has 3 aromatic heterocycles. The Hall–Kier alpha value is -4.06. The van der Waals surface area contributed by atoms with Crippen molar-refractivity contribution in [3.63, 3.8) is 0 Å². The van der Waals surface area contributed by atoms with E-state index in [1.54, 1.807) is 24.8 Å². The van der Waals surface area contributed by atoms with E-state index >= 15 is 0 Å². The Morgan fingerprint density at radius 1 is 1.12 bits per heavy atom. The molecule has 0 bridgehead atoms. The van der Waals surface area contributed by atoms with Crippen LogP contribution < -0.4 is 10.9 Å². The SMILES string of the molecule is Cn1nc(-c2ccncc2)c2scc(C(=O)NCc3ccccc3)c2c1=O.O=C(O)C(F)(F)F. The lowest BCUT2D eigenvalue weighted by atomic mass is 10.1. The number of aliphatic carboxylic acids is 1. The number of carboxylic acids is 1. The van der Waals surface area contributed by atoms with E-state index in [2.05, 4.69) is 15.4 Å². The Kier molecular flexibility index (Phi) is 7.41. The summed E-state index contributed by atoms with van der Waals surface area (Å²) in [6.45, 7) is 0.402. The predicted molar refractivity (Wildman–Crippen MR) is 119 cm³/mol. The number of hydrogen-bond acceptors (Lipinski definition) is 6. The number of pyridine rings is 1. The molecular weight excluding hydrogens is 473 g/mol. The van der Waals surface area contributed by atoms with E-state index in [0.29, 0.717) is 27.9 Å². The number of amides is 1. The highest BCUT2D eigenvalue weighted by Gasteiger charge is 2.38. The number of thiophene rings is 1. The number of aryl methyl sites for hydroxylation is 1. The largest absolute Gasteiger partial charge is 0.490 e. The molecule has 0 aliphatic rings. The number of hydrogen-bond donors (Lipinski definition) is 2. The molecule has 0 aliphatic carbocycles. The normalized spacial score (nSPS) is 10.9. The zero-order chi connectivity index (χ0) is 24.9. The van der Waals surface area contributed by atoms with Crippen LogP contribution >= 0.6 is 11.3 Å². The van der Waals surface area contributed by atoms with Crippen molar-refractivity contribution in [2.45, 2.75) is 12.7 Å². The average Bonchev–Trinajstić information content (AvgIpc) is 3.26. The molecule has 1 aromatic carbocycles. The number of alkyl halides is 3. The minimum atomic E-state index is -5.08. The number of carboxylic acid groups (broad SMARTS) is 1. The van der Waals surface area contributed by atoms with Crippen LogP contribution in [0.25, 0.3) is 21.3 Å². The molecule has 1 amide bonds. The third-order valence-corrected chi connectivity index (χ3v) is 5.49. The highest BCUT2D eigenvalue weighted by Crippen LogP contribution is 2.31. The quantitative estimate of drug-likeness (QED) is 0.452. The lowest BCUT2D eigenvalue weighted by molar-refractivity contribution is -0.192. The van der Waals surface area contributed by atoms with Gasteiger partial charge in [0.2, 0.25) is 0 Å². The summed E-state index contributed by atoms with van der Waals surface area (Å²) < 4.78 is 33.7. The maximum atomic E-state index is 12.7. The van der Waals surface area contributed by atoms with Crippen LogP contribution in [0.5, 0.6) is 0 Å². The summed E-state index contributed by atoms with van der Waals surface area (Å²) in [6.07, 6.45) is -1.73. The molecule has 176 valence electrons. The number of aromatic nitrogens is 3. The number of benzene rings is 1. The Labute approximate surface area is 194 Å². The van der Waals surface area contributed by atoms with Crippen molar-refractivity contribution in [3.05, 3.63) is 81.7 Å². The summed E-state index contributed by atoms with van der Waals surface area (Å²) in [7, 11) is 1.59. The number of halogens is 3. The molecule has 4 rings (SSSR count). The first-order valence-corrected chi connectivity index (χ1v) is 10.5. The van der Waals surface area contributed by atoms with Crippen molar-refractivity contribution in [2.75, 3.05) is 0 Å². The number of nitrogens with one attached hydrogen (secondary N) is 1. The van der Waals surface area contributed by atoms with Crippen molar-refractivity contribution in [3.8, 4) is 11.3 Å². The lowest BCUT2D eigenvalue weighted by Gasteiger charge is -2.07. The zero-order valence-corrected chi connectivity index (χ0v) is 18.4. The van der Waals surface area contributed by atoms with Gasteiger partial charge in [0.15, 0.2) is 0 Å². The van der Waals surface area contributed by atoms with Crippen LogP contribution in [0.4, 0.5) is 13.2 Å². The van der Waals surface area contributed by atoms with E-state index in [-0.39, 0.29) is 11.5 Å². The molecule has 12 heteroatoms. The van der Waals surface area contributed by atoms with Crippen LogP contribution in [0.2, 0.25) is 0 Å². The summed E-state index contributed by atoms with van der Waals surface area (Å²) >= 11 is 1.35. The number of nitrogens with zero attached hydrogens (tertiary/aromatic N) is 3. The fourth-order valence-corrected chi connectivity index (χ4v) is 3.93. The van der Waals surface area contributed by atoms with Gasteiger partial charge in [0.25, 0.3) is 11.5 Å². The second-order valence-electron chi connectivity index (χ2n) is 6.84. The molecule has 0 unspecified atom stereocenters. The van der Waals surface area contributed by atoms with Gasteiger partial charge in [-0.2, -0.15) is 18.3 Å². The molecule has 0 spiro atoms. The van der Waals surface area contributed by atoms with E-state index in [9.17, 15) is 22.8 Å². The Morgan fingerprint density at radius 3 is 2.32 bits per heavy atom. The van der Waals surface area contributed by atoms with Gasteiger partial charge in [0.1, 0.15) is 5.69 Å². The average molecular weight is 490 g/mol. The minimum Gasteiger partial charge on any atom is -0.475 e. The van der Waals surface area contributed by atoms with Crippen molar-refractivity contribution in [1.29, 1.82) is 0 Å². The number of fused-ring (bicyclic) bond motifs is 1. The topological polar surface area (TPSA) is 114 Å². The van der Waals surface area contributed by atoms with Gasteiger partial charge in [-0.3, -0.25) is 14.6 Å². The molecule has 4 aromatic rings. The molecule has 0 saturated carbocycles. The van der Waals surface area contributed by atoms with Crippen molar-refractivity contribution < 1.29 is 27.9 Å². The number of carbonyl (C=O) groups is 2.